The van der Waals surface area contributed by atoms with Gasteiger partial charge in [-0.25, -0.2) is 0 Å². The second kappa shape index (κ2) is 10.5. The predicted molar refractivity (Wildman–Crippen MR) is 140 cm³/mol. The summed E-state index contributed by atoms with van der Waals surface area (Å²) in [4.78, 5) is 2.97. The minimum absolute atomic E-state index is 0.0368. The molecule has 38 heavy (non-hydrogen) atoms. The number of rotatable bonds is 9. The Morgan fingerprint density at radius 2 is 1.26 bits per heavy atom. The highest BCUT2D eigenvalue weighted by Gasteiger charge is 2.51. The van der Waals surface area contributed by atoms with Crippen LogP contribution in [0.1, 0.15) is 38.5 Å². The zero-order valence-electron chi connectivity index (χ0n) is 21.2. The minimum atomic E-state index is -4.82. The Morgan fingerprint density at radius 1 is 0.711 bits per heavy atom. The monoisotopic (exact) mass is 541 g/mol. The summed E-state index contributed by atoms with van der Waals surface area (Å²) < 4.78 is 55.9. The van der Waals surface area contributed by atoms with Gasteiger partial charge in [0.15, 0.2) is 33.0 Å². The summed E-state index contributed by atoms with van der Waals surface area (Å²) in [6, 6.07) is 24.6. The fraction of sp³-hybridized carbons (Fsp3) is 0.419. The highest BCUT2D eigenvalue weighted by Crippen LogP contribution is 2.60. The van der Waals surface area contributed by atoms with E-state index in [0.717, 1.165) is 32.4 Å². The summed E-state index contributed by atoms with van der Waals surface area (Å²) in [5.41, 5.74) is 0.207. The lowest BCUT2D eigenvalue weighted by Crippen LogP contribution is -2.48. The highest BCUT2D eigenvalue weighted by molar-refractivity contribution is 7.97. The topological polar surface area (TPSA) is 27.7 Å². The number of hydrogen-bond acceptors (Lipinski definition) is 3. The Labute approximate surface area is 224 Å². The predicted octanol–water partition coefficient (Wildman–Crippen LogP) is 8.25. The Kier molecular flexibility index (Phi) is 7.08. The summed E-state index contributed by atoms with van der Waals surface area (Å²) in [5.74, 6) is 2.11. The van der Waals surface area contributed by atoms with Crippen LogP contribution in [0.2, 0.25) is 0 Å². The fourth-order valence-corrected chi connectivity index (χ4v) is 9.39. The van der Waals surface area contributed by atoms with Crippen LogP contribution in [0.25, 0.3) is 0 Å². The van der Waals surface area contributed by atoms with E-state index in [9.17, 15) is 13.2 Å². The van der Waals surface area contributed by atoms with Crippen LogP contribution in [0.5, 0.6) is 11.5 Å². The highest BCUT2D eigenvalue weighted by atomic mass is 32.2. The van der Waals surface area contributed by atoms with E-state index in [1.807, 2.05) is 60.7 Å². The SMILES string of the molecule is FC(F)(F)Oc1ccc([S+](c2ccccc2)c2ccccc2)cc1OCOCC12CC3CC(CC(C3)C1)C2. The molecule has 0 heterocycles. The maximum atomic E-state index is 13.2. The van der Waals surface area contributed by atoms with Crippen molar-refractivity contribution >= 4 is 10.9 Å². The molecule has 0 saturated heterocycles. The molecule has 7 rings (SSSR count). The van der Waals surface area contributed by atoms with Gasteiger partial charge in [0.05, 0.1) is 17.5 Å². The number of benzene rings is 3. The van der Waals surface area contributed by atoms with E-state index in [1.54, 1.807) is 12.1 Å². The fourth-order valence-electron chi connectivity index (χ4n) is 7.29. The Hall–Kier alpha value is -2.64. The van der Waals surface area contributed by atoms with Crippen LogP contribution in [0, 0.1) is 23.2 Å². The van der Waals surface area contributed by atoms with E-state index in [-0.39, 0.29) is 23.7 Å². The van der Waals surface area contributed by atoms with Crippen molar-refractivity contribution in [2.75, 3.05) is 13.4 Å². The Bertz CT molecular complexity index is 1160. The Morgan fingerprint density at radius 3 is 1.79 bits per heavy atom. The zero-order chi connectivity index (χ0) is 26.2. The molecule has 3 nitrogen and oxygen atoms in total. The molecule has 4 fully saturated rings. The van der Waals surface area contributed by atoms with Crippen molar-refractivity contribution in [2.24, 2.45) is 23.2 Å². The van der Waals surface area contributed by atoms with E-state index in [2.05, 4.69) is 4.74 Å². The molecular formula is C31H32F3O3S+. The van der Waals surface area contributed by atoms with Crippen molar-refractivity contribution in [2.45, 2.75) is 59.6 Å². The quantitative estimate of drug-likeness (QED) is 0.155. The molecule has 0 aromatic heterocycles. The van der Waals surface area contributed by atoms with Gasteiger partial charge in [-0.2, -0.15) is 0 Å². The van der Waals surface area contributed by atoms with Gasteiger partial charge in [0, 0.05) is 6.07 Å². The van der Waals surface area contributed by atoms with Gasteiger partial charge in [-0.3, -0.25) is 0 Å². The summed E-state index contributed by atoms with van der Waals surface area (Å²) in [5, 5.41) is 0. The van der Waals surface area contributed by atoms with E-state index >= 15 is 0 Å². The van der Waals surface area contributed by atoms with Crippen molar-refractivity contribution in [1.82, 2.24) is 0 Å². The third kappa shape index (κ3) is 5.69. The standard InChI is InChI=1S/C31H32F3O3S/c32-31(33,34)37-28-12-11-27(38(25-7-3-1-4-8-25)26-9-5-2-6-10-26)16-29(28)36-21-35-20-30-17-22-13-23(18-30)15-24(14-22)19-30/h1-12,16,22-24H,13-15,17-21H2/q+1. The number of halogens is 3. The first-order valence-corrected chi connectivity index (χ1v) is 14.5. The molecule has 0 amide bonds. The molecule has 0 unspecified atom stereocenters. The first kappa shape index (κ1) is 25.6. The molecule has 200 valence electrons. The van der Waals surface area contributed by atoms with Gasteiger partial charge in [-0.05, 0) is 98.1 Å². The van der Waals surface area contributed by atoms with Crippen molar-refractivity contribution in [3.63, 3.8) is 0 Å². The zero-order valence-corrected chi connectivity index (χ0v) is 22.0. The molecule has 3 aromatic rings. The van der Waals surface area contributed by atoms with Crippen molar-refractivity contribution < 1.29 is 27.4 Å². The molecular weight excluding hydrogens is 509 g/mol. The molecule has 4 aliphatic carbocycles. The minimum Gasteiger partial charge on any atom is -0.463 e. The summed E-state index contributed by atoms with van der Waals surface area (Å²) in [7, 11) is -0.529. The molecule has 4 bridgehead atoms. The van der Waals surface area contributed by atoms with Gasteiger partial charge >= 0.3 is 6.36 Å². The van der Waals surface area contributed by atoms with Crippen LogP contribution in [0.3, 0.4) is 0 Å². The van der Waals surface area contributed by atoms with E-state index < -0.39 is 17.3 Å². The molecule has 0 radical (unpaired) electrons. The molecule has 0 atom stereocenters. The first-order chi connectivity index (χ1) is 18.4. The largest absolute Gasteiger partial charge is 0.573 e. The molecule has 0 N–H and O–H groups in total. The number of hydrogen-bond donors (Lipinski definition) is 0. The van der Waals surface area contributed by atoms with Crippen molar-refractivity contribution in [1.29, 1.82) is 0 Å². The average molecular weight is 542 g/mol. The van der Waals surface area contributed by atoms with Gasteiger partial charge in [0.2, 0.25) is 0 Å². The second-order valence-electron chi connectivity index (χ2n) is 11.1. The van der Waals surface area contributed by atoms with E-state index in [0.29, 0.717) is 6.61 Å². The van der Waals surface area contributed by atoms with Gasteiger partial charge in [-0.1, -0.05) is 36.4 Å². The normalized spacial score (nSPS) is 26.1. The lowest BCUT2D eigenvalue weighted by molar-refractivity contribution is -0.275. The van der Waals surface area contributed by atoms with E-state index in [1.165, 1.54) is 44.6 Å². The summed E-state index contributed by atoms with van der Waals surface area (Å²) in [6.45, 7) is 0.494. The smallest absolute Gasteiger partial charge is 0.463 e. The first-order valence-electron chi connectivity index (χ1n) is 13.3. The van der Waals surface area contributed by atoms with Crippen LogP contribution in [-0.4, -0.2) is 19.8 Å². The lowest BCUT2D eigenvalue weighted by atomic mass is 9.50. The lowest BCUT2D eigenvalue weighted by Gasteiger charge is -2.56. The van der Waals surface area contributed by atoms with Gasteiger partial charge < -0.3 is 14.2 Å². The molecule has 0 spiro atoms. The van der Waals surface area contributed by atoms with Crippen LogP contribution in [-0.2, 0) is 15.6 Å². The van der Waals surface area contributed by atoms with Gasteiger partial charge in [0.1, 0.15) is 0 Å². The summed E-state index contributed by atoms with van der Waals surface area (Å²) in [6.07, 6.45) is 2.85. The van der Waals surface area contributed by atoms with Crippen LogP contribution in [0.15, 0.2) is 93.5 Å². The molecule has 4 aliphatic rings. The van der Waals surface area contributed by atoms with Crippen LogP contribution >= 0.6 is 0 Å². The Balaban J connectivity index is 1.23. The van der Waals surface area contributed by atoms with Crippen LogP contribution in [0.4, 0.5) is 13.2 Å². The van der Waals surface area contributed by atoms with Crippen molar-refractivity contribution in [3.05, 3.63) is 78.9 Å². The van der Waals surface area contributed by atoms with Crippen LogP contribution < -0.4 is 9.47 Å². The van der Waals surface area contributed by atoms with Gasteiger partial charge in [-0.15, -0.1) is 13.2 Å². The second-order valence-corrected chi connectivity index (χ2v) is 13.1. The van der Waals surface area contributed by atoms with Gasteiger partial charge in [0.25, 0.3) is 0 Å². The molecule has 0 aliphatic heterocycles. The maximum Gasteiger partial charge on any atom is 0.573 e. The molecule has 7 heteroatoms. The average Bonchev–Trinajstić information content (AvgIpc) is 2.88. The number of alkyl halides is 3. The number of ether oxygens (including phenoxy) is 3. The third-order valence-electron chi connectivity index (χ3n) is 8.21. The summed E-state index contributed by atoms with van der Waals surface area (Å²) >= 11 is 0. The third-order valence-corrected chi connectivity index (χ3v) is 10.4. The molecule has 4 saturated carbocycles. The maximum absolute atomic E-state index is 13.2. The van der Waals surface area contributed by atoms with Crippen molar-refractivity contribution in [3.8, 4) is 11.5 Å². The van der Waals surface area contributed by atoms with E-state index in [4.69, 9.17) is 9.47 Å². The molecule has 3 aromatic carbocycles.